The number of amides is 3. The third-order valence-electron chi connectivity index (χ3n) is 4.40. The lowest BCUT2D eigenvalue weighted by molar-refractivity contribution is -0.139. The summed E-state index contributed by atoms with van der Waals surface area (Å²) in [5, 5.41) is 2.85. The van der Waals surface area contributed by atoms with E-state index in [1.54, 1.807) is 0 Å². The number of hydrogen-bond acceptors (Lipinski definition) is 4. The summed E-state index contributed by atoms with van der Waals surface area (Å²) in [5.41, 5.74) is 0. The van der Waals surface area contributed by atoms with Crippen LogP contribution in [0.4, 0.5) is 0 Å². The van der Waals surface area contributed by atoms with Gasteiger partial charge in [0.25, 0.3) is 0 Å². The van der Waals surface area contributed by atoms with Crippen LogP contribution in [0.25, 0.3) is 0 Å². The van der Waals surface area contributed by atoms with Gasteiger partial charge < -0.3 is 5.32 Å². The van der Waals surface area contributed by atoms with Crippen molar-refractivity contribution < 1.29 is 19.2 Å². The van der Waals surface area contributed by atoms with Crippen LogP contribution in [0.5, 0.6) is 0 Å². The quantitative estimate of drug-likeness (QED) is 0.437. The van der Waals surface area contributed by atoms with E-state index >= 15 is 0 Å². The summed E-state index contributed by atoms with van der Waals surface area (Å²) in [6.45, 7) is 4.27. The van der Waals surface area contributed by atoms with E-state index in [4.69, 9.17) is 0 Å². The van der Waals surface area contributed by atoms with Crippen LogP contribution in [0.15, 0.2) is 0 Å². The van der Waals surface area contributed by atoms with Crippen molar-refractivity contribution in [3.05, 3.63) is 0 Å². The zero-order valence-electron chi connectivity index (χ0n) is 14.9. The summed E-state index contributed by atoms with van der Waals surface area (Å²) in [5.74, 6) is -0.363. The number of imide groups is 1. The second kappa shape index (κ2) is 10.9. The van der Waals surface area contributed by atoms with E-state index in [2.05, 4.69) is 5.32 Å². The van der Waals surface area contributed by atoms with Crippen molar-refractivity contribution >= 4 is 23.5 Å². The molecule has 0 spiro atoms. The Bertz CT molecular complexity index is 462. The van der Waals surface area contributed by atoms with Gasteiger partial charge in [-0.15, -0.1) is 0 Å². The highest BCUT2D eigenvalue weighted by atomic mass is 16.2. The minimum atomic E-state index is -0.201. The number of carbonyl (C=O) groups excluding carboxylic acids is 4. The lowest BCUT2D eigenvalue weighted by Crippen LogP contribution is -2.32. The first-order chi connectivity index (χ1) is 11.5. The Morgan fingerprint density at radius 1 is 1.12 bits per heavy atom. The normalized spacial score (nSPS) is 17.4. The smallest absolute Gasteiger partial charge is 0.232 e. The zero-order chi connectivity index (χ0) is 17.9. The van der Waals surface area contributed by atoms with Gasteiger partial charge in [0.2, 0.25) is 17.7 Å². The molecule has 1 atom stereocenters. The highest BCUT2D eigenvalue weighted by Crippen LogP contribution is 2.25. The van der Waals surface area contributed by atoms with Crippen molar-refractivity contribution in [3.63, 3.8) is 0 Å². The molecule has 1 unspecified atom stereocenters. The molecule has 6 heteroatoms. The Kier molecular flexibility index (Phi) is 9.27. The minimum absolute atomic E-state index is 0.00539. The molecule has 1 aliphatic heterocycles. The second-order valence-electron chi connectivity index (χ2n) is 6.50. The maximum atomic E-state index is 12.2. The van der Waals surface area contributed by atoms with Crippen molar-refractivity contribution in [2.24, 2.45) is 5.92 Å². The number of likely N-dealkylation sites (tertiary alicyclic amines) is 1. The number of carbonyl (C=O) groups is 4. The second-order valence-corrected chi connectivity index (χ2v) is 6.50. The first-order valence-corrected chi connectivity index (χ1v) is 9.06. The highest BCUT2D eigenvalue weighted by Gasteiger charge is 2.37. The number of Topliss-reactive ketones (excluding diaryl/α,β-unsaturated/α-hetero) is 1. The molecule has 0 aromatic rings. The molecule has 0 radical (unpaired) electrons. The third kappa shape index (κ3) is 7.23. The van der Waals surface area contributed by atoms with Crippen molar-refractivity contribution in [2.45, 2.75) is 71.6 Å². The Labute approximate surface area is 144 Å². The van der Waals surface area contributed by atoms with Crippen LogP contribution in [0.3, 0.4) is 0 Å². The SMILES string of the molecule is CCC(=O)NCCCCCCCC1CC(=O)N(CCC(C)=O)C1=O. The van der Waals surface area contributed by atoms with Gasteiger partial charge in [0.05, 0.1) is 0 Å². The lowest BCUT2D eigenvalue weighted by atomic mass is 9.99. The highest BCUT2D eigenvalue weighted by molar-refractivity contribution is 6.03. The number of nitrogens with one attached hydrogen (secondary N) is 1. The number of ketones is 1. The van der Waals surface area contributed by atoms with E-state index in [0.29, 0.717) is 12.8 Å². The molecule has 0 aromatic carbocycles. The van der Waals surface area contributed by atoms with Crippen LogP contribution >= 0.6 is 0 Å². The van der Waals surface area contributed by atoms with E-state index in [-0.39, 0.29) is 42.4 Å². The summed E-state index contributed by atoms with van der Waals surface area (Å²) in [6, 6.07) is 0. The predicted octanol–water partition coefficient (Wildman–Crippen LogP) is 2.21. The maximum Gasteiger partial charge on any atom is 0.232 e. The monoisotopic (exact) mass is 338 g/mol. The molecule has 0 saturated carbocycles. The van der Waals surface area contributed by atoms with E-state index in [9.17, 15) is 19.2 Å². The molecule has 1 heterocycles. The van der Waals surface area contributed by atoms with Crippen LogP contribution in [-0.2, 0) is 19.2 Å². The van der Waals surface area contributed by atoms with E-state index < -0.39 is 0 Å². The van der Waals surface area contributed by atoms with Crippen LogP contribution in [0, 0.1) is 5.92 Å². The third-order valence-corrected chi connectivity index (χ3v) is 4.40. The van der Waals surface area contributed by atoms with Crippen molar-refractivity contribution in [2.75, 3.05) is 13.1 Å². The van der Waals surface area contributed by atoms with Crippen molar-refractivity contribution in [3.8, 4) is 0 Å². The summed E-state index contributed by atoms with van der Waals surface area (Å²) in [7, 11) is 0. The van der Waals surface area contributed by atoms with E-state index in [1.165, 1.54) is 11.8 Å². The van der Waals surface area contributed by atoms with Crippen molar-refractivity contribution in [1.29, 1.82) is 0 Å². The van der Waals surface area contributed by atoms with Gasteiger partial charge in [0, 0.05) is 38.3 Å². The number of rotatable bonds is 12. The average molecular weight is 338 g/mol. The molecule has 0 bridgehead atoms. The topological polar surface area (TPSA) is 83.6 Å². The van der Waals surface area contributed by atoms with Crippen LogP contribution in [-0.4, -0.2) is 41.5 Å². The molecule has 1 rings (SSSR count). The Hall–Kier alpha value is -1.72. The van der Waals surface area contributed by atoms with Crippen LogP contribution in [0.2, 0.25) is 0 Å². The number of unbranched alkanes of at least 4 members (excludes halogenated alkanes) is 4. The molecule has 1 aliphatic rings. The molecular weight excluding hydrogens is 308 g/mol. The largest absolute Gasteiger partial charge is 0.356 e. The molecule has 0 aromatic heterocycles. The molecule has 1 saturated heterocycles. The molecule has 24 heavy (non-hydrogen) atoms. The number of hydrogen-bond donors (Lipinski definition) is 1. The van der Waals surface area contributed by atoms with Gasteiger partial charge in [-0.25, -0.2) is 0 Å². The van der Waals surface area contributed by atoms with Crippen LogP contribution < -0.4 is 5.32 Å². The Balaban J connectivity index is 2.11. The van der Waals surface area contributed by atoms with Gasteiger partial charge in [-0.05, 0) is 19.8 Å². The summed E-state index contributed by atoms with van der Waals surface area (Å²) >= 11 is 0. The zero-order valence-corrected chi connectivity index (χ0v) is 14.9. The number of nitrogens with zero attached hydrogens (tertiary/aromatic N) is 1. The van der Waals surface area contributed by atoms with Gasteiger partial charge in [0.15, 0.2) is 0 Å². The first kappa shape index (κ1) is 20.3. The minimum Gasteiger partial charge on any atom is -0.356 e. The maximum absolute atomic E-state index is 12.2. The van der Waals surface area contributed by atoms with E-state index in [0.717, 1.165) is 45.1 Å². The van der Waals surface area contributed by atoms with Gasteiger partial charge in [-0.3, -0.25) is 24.1 Å². The average Bonchev–Trinajstić information content (AvgIpc) is 2.81. The molecule has 3 amide bonds. The van der Waals surface area contributed by atoms with Gasteiger partial charge >= 0.3 is 0 Å². The van der Waals surface area contributed by atoms with Gasteiger partial charge in [-0.1, -0.05) is 32.6 Å². The predicted molar refractivity (Wildman–Crippen MR) is 91.1 cm³/mol. The van der Waals surface area contributed by atoms with Gasteiger partial charge in [0.1, 0.15) is 5.78 Å². The fourth-order valence-corrected chi connectivity index (χ4v) is 2.88. The van der Waals surface area contributed by atoms with E-state index in [1.807, 2.05) is 6.92 Å². The lowest BCUT2D eigenvalue weighted by Gasteiger charge is -2.13. The Morgan fingerprint density at radius 3 is 2.46 bits per heavy atom. The fraction of sp³-hybridized carbons (Fsp3) is 0.778. The molecule has 1 fully saturated rings. The molecular formula is C18H30N2O4. The van der Waals surface area contributed by atoms with Crippen molar-refractivity contribution in [1.82, 2.24) is 10.2 Å². The fourth-order valence-electron chi connectivity index (χ4n) is 2.88. The summed E-state index contributed by atoms with van der Waals surface area (Å²) in [6.07, 6.45) is 6.89. The summed E-state index contributed by atoms with van der Waals surface area (Å²) in [4.78, 5) is 47.4. The van der Waals surface area contributed by atoms with Gasteiger partial charge in [-0.2, -0.15) is 0 Å². The van der Waals surface area contributed by atoms with Crippen LogP contribution in [0.1, 0.15) is 71.6 Å². The molecule has 6 nitrogen and oxygen atoms in total. The standard InChI is InChI=1S/C18H30N2O4/c1-3-16(22)19-11-8-6-4-5-7-9-15-13-17(23)20(18(15)24)12-10-14(2)21/h15H,3-13H2,1-2H3,(H,19,22). The molecule has 0 aliphatic carbocycles. The molecule has 136 valence electrons. The first-order valence-electron chi connectivity index (χ1n) is 9.06. The Morgan fingerprint density at radius 2 is 1.79 bits per heavy atom. The molecule has 1 N–H and O–H groups in total. The summed E-state index contributed by atoms with van der Waals surface area (Å²) < 4.78 is 0.